The minimum absolute atomic E-state index is 0.283. The quantitative estimate of drug-likeness (QED) is 0.751. The van der Waals surface area contributed by atoms with E-state index in [4.69, 9.17) is 10.3 Å². The van der Waals surface area contributed by atoms with Crippen molar-refractivity contribution in [3.63, 3.8) is 0 Å². The maximum absolute atomic E-state index is 5.77. The highest BCUT2D eigenvalue weighted by molar-refractivity contribution is 5.65. The molecule has 0 saturated heterocycles. The molecule has 0 saturated carbocycles. The van der Waals surface area contributed by atoms with Gasteiger partial charge in [-0.3, -0.25) is 0 Å². The molecule has 2 aromatic heterocycles. The van der Waals surface area contributed by atoms with Gasteiger partial charge in [0.1, 0.15) is 0 Å². The molecule has 3 rings (SSSR count). The Hall–Kier alpha value is -2.76. The largest absolute Gasteiger partial charge is 0.382 e. The molecule has 0 atom stereocenters. The van der Waals surface area contributed by atoms with Crippen LogP contribution in [-0.2, 0) is 0 Å². The molecule has 1 aromatic carbocycles. The summed E-state index contributed by atoms with van der Waals surface area (Å²) < 4.78 is 5.22. The fourth-order valence-electron chi connectivity index (χ4n) is 1.67. The van der Waals surface area contributed by atoms with E-state index >= 15 is 0 Å². The van der Waals surface area contributed by atoms with E-state index in [0.29, 0.717) is 17.4 Å². The molecule has 6 heteroatoms. The highest BCUT2D eigenvalue weighted by Crippen LogP contribution is 2.23. The number of rotatable bonds is 2. The summed E-state index contributed by atoms with van der Waals surface area (Å²) in [5.74, 6) is 1.05. The van der Waals surface area contributed by atoms with E-state index < -0.39 is 0 Å². The van der Waals surface area contributed by atoms with Crippen molar-refractivity contribution in [2.24, 2.45) is 0 Å². The van der Waals surface area contributed by atoms with Crippen molar-refractivity contribution in [1.82, 2.24) is 20.1 Å². The minimum Gasteiger partial charge on any atom is -0.382 e. The lowest BCUT2D eigenvalue weighted by Gasteiger charge is -1.99. The predicted octanol–water partition coefficient (Wildman–Crippen LogP) is 2.08. The molecule has 0 radical (unpaired) electrons. The van der Waals surface area contributed by atoms with Crippen LogP contribution in [0.4, 0.5) is 5.82 Å². The third-order valence-corrected chi connectivity index (χ3v) is 2.58. The smallest absolute Gasteiger partial charge is 0.258 e. The predicted molar refractivity (Wildman–Crippen MR) is 69.9 cm³/mol. The molecule has 0 amide bonds. The lowest BCUT2D eigenvalue weighted by atomic mass is 10.2. The average Bonchev–Trinajstić information content (AvgIpc) is 2.92. The lowest BCUT2D eigenvalue weighted by Crippen LogP contribution is -1.99. The summed E-state index contributed by atoms with van der Waals surface area (Å²) in [5, 5.41) is 3.90. The van der Waals surface area contributed by atoms with E-state index in [0.717, 1.165) is 11.3 Å². The van der Waals surface area contributed by atoms with Gasteiger partial charge in [0.05, 0.1) is 11.9 Å². The Bertz CT molecular complexity index is 708. The van der Waals surface area contributed by atoms with E-state index in [1.165, 1.54) is 0 Å². The van der Waals surface area contributed by atoms with E-state index in [2.05, 4.69) is 20.1 Å². The number of benzene rings is 1. The summed E-state index contributed by atoms with van der Waals surface area (Å²) in [7, 11) is 0. The first-order valence-electron chi connectivity index (χ1n) is 5.72. The molecule has 0 bridgehead atoms. The second-order valence-corrected chi connectivity index (χ2v) is 4.03. The molecule has 0 aliphatic rings. The maximum Gasteiger partial charge on any atom is 0.258 e. The first kappa shape index (κ1) is 11.3. The van der Waals surface area contributed by atoms with Gasteiger partial charge in [-0.15, -0.1) is 0 Å². The molecule has 3 aromatic rings. The van der Waals surface area contributed by atoms with Gasteiger partial charge < -0.3 is 10.3 Å². The number of aryl methyl sites for hydroxylation is 1. The number of nitrogen functional groups attached to an aromatic ring is 1. The van der Waals surface area contributed by atoms with Crippen LogP contribution in [0.2, 0.25) is 0 Å². The minimum atomic E-state index is 0.283. The molecule has 0 unspecified atom stereocenters. The first-order valence-corrected chi connectivity index (χ1v) is 5.72. The van der Waals surface area contributed by atoms with Crippen LogP contribution >= 0.6 is 0 Å². The summed E-state index contributed by atoms with van der Waals surface area (Å²) in [4.78, 5) is 12.6. The van der Waals surface area contributed by atoms with Crippen LogP contribution < -0.4 is 5.73 Å². The van der Waals surface area contributed by atoms with Crippen LogP contribution in [0.1, 0.15) is 5.69 Å². The second-order valence-electron chi connectivity index (χ2n) is 4.03. The maximum atomic E-state index is 5.77. The van der Waals surface area contributed by atoms with E-state index in [1.54, 1.807) is 6.20 Å². The number of nitrogens with two attached hydrogens (primary N) is 1. The first-order chi connectivity index (χ1) is 9.24. The zero-order valence-electron chi connectivity index (χ0n) is 10.2. The molecule has 0 fully saturated rings. The zero-order valence-corrected chi connectivity index (χ0v) is 10.2. The van der Waals surface area contributed by atoms with Gasteiger partial charge in [-0.25, -0.2) is 9.97 Å². The van der Waals surface area contributed by atoms with Crippen molar-refractivity contribution in [3.05, 3.63) is 42.2 Å². The number of hydrogen-bond acceptors (Lipinski definition) is 6. The van der Waals surface area contributed by atoms with Crippen molar-refractivity contribution in [2.75, 3.05) is 5.73 Å². The van der Waals surface area contributed by atoms with E-state index in [-0.39, 0.29) is 5.82 Å². The summed E-state index contributed by atoms with van der Waals surface area (Å²) in [6.07, 6.45) is 1.59. The summed E-state index contributed by atoms with van der Waals surface area (Å²) in [6.45, 7) is 1.83. The SMILES string of the molecule is Cc1cnc(N)c(-c2noc(-c3ccccc3)n2)n1. The van der Waals surface area contributed by atoms with Gasteiger partial charge in [0.2, 0.25) is 5.82 Å². The van der Waals surface area contributed by atoms with Crippen LogP contribution in [0.3, 0.4) is 0 Å². The molecule has 94 valence electrons. The zero-order chi connectivity index (χ0) is 13.2. The molecule has 0 spiro atoms. The summed E-state index contributed by atoms with van der Waals surface area (Å²) in [5.41, 5.74) is 7.80. The van der Waals surface area contributed by atoms with E-state index in [1.807, 2.05) is 37.3 Å². The Morgan fingerprint density at radius 1 is 1.11 bits per heavy atom. The van der Waals surface area contributed by atoms with Crippen LogP contribution in [0.25, 0.3) is 23.0 Å². The average molecular weight is 253 g/mol. The molecular weight excluding hydrogens is 242 g/mol. The number of anilines is 1. The van der Waals surface area contributed by atoms with Crippen LogP contribution in [0, 0.1) is 6.92 Å². The van der Waals surface area contributed by atoms with Crippen LogP contribution in [-0.4, -0.2) is 20.1 Å². The standard InChI is InChI=1S/C13H11N5O/c1-8-7-15-11(14)10(16-8)12-17-13(19-18-12)9-5-3-2-4-6-9/h2-7H,1H3,(H2,14,15). The van der Waals surface area contributed by atoms with Gasteiger partial charge in [-0.2, -0.15) is 4.98 Å². The Morgan fingerprint density at radius 2 is 1.89 bits per heavy atom. The fourth-order valence-corrected chi connectivity index (χ4v) is 1.67. The Labute approximate surface area is 109 Å². The highest BCUT2D eigenvalue weighted by Gasteiger charge is 2.14. The number of hydrogen-bond donors (Lipinski definition) is 1. The van der Waals surface area contributed by atoms with Crippen LogP contribution in [0.15, 0.2) is 41.1 Å². The third-order valence-electron chi connectivity index (χ3n) is 2.58. The Morgan fingerprint density at radius 3 is 2.68 bits per heavy atom. The molecule has 6 nitrogen and oxygen atoms in total. The summed E-state index contributed by atoms with van der Waals surface area (Å²) in [6, 6.07) is 9.51. The lowest BCUT2D eigenvalue weighted by molar-refractivity contribution is 0.432. The molecule has 0 aliphatic heterocycles. The van der Waals surface area contributed by atoms with Crippen LogP contribution in [0.5, 0.6) is 0 Å². The number of nitrogens with zero attached hydrogens (tertiary/aromatic N) is 4. The monoisotopic (exact) mass is 253 g/mol. The third kappa shape index (κ3) is 2.15. The molecular formula is C13H11N5O. The van der Waals surface area contributed by atoms with Gasteiger partial charge in [-0.1, -0.05) is 23.4 Å². The molecule has 0 aliphatic carbocycles. The molecule has 2 N–H and O–H groups in total. The van der Waals surface area contributed by atoms with Gasteiger partial charge in [0.15, 0.2) is 11.5 Å². The van der Waals surface area contributed by atoms with Crippen molar-refractivity contribution in [2.45, 2.75) is 6.92 Å². The van der Waals surface area contributed by atoms with Gasteiger partial charge in [-0.05, 0) is 19.1 Å². The second kappa shape index (κ2) is 4.49. The summed E-state index contributed by atoms with van der Waals surface area (Å²) >= 11 is 0. The van der Waals surface area contributed by atoms with Crippen molar-refractivity contribution in [3.8, 4) is 23.0 Å². The molecule has 2 heterocycles. The number of aromatic nitrogens is 4. The Kier molecular flexibility index (Phi) is 2.68. The fraction of sp³-hybridized carbons (Fsp3) is 0.0769. The van der Waals surface area contributed by atoms with Crippen molar-refractivity contribution >= 4 is 5.82 Å². The van der Waals surface area contributed by atoms with Gasteiger partial charge >= 0.3 is 0 Å². The van der Waals surface area contributed by atoms with Gasteiger partial charge in [0.25, 0.3) is 5.89 Å². The van der Waals surface area contributed by atoms with Crippen molar-refractivity contribution < 1.29 is 4.52 Å². The highest BCUT2D eigenvalue weighted by atomic mass is 16.5. The van der Waals surface area contributed by atoms with Crippen molar-refractivity contribution in [1.29, 1.82) is 0 Å². The van der Waals surface area contributed by atoms with E-state index in [9.17, 15) is 0 Å². The topological polar surface area (TPSA) is 90.7 Å². The Balaban J connectivity index is 2.04. The van der Waals surface area contributed by atoms with Gasteiger partial charge in [0, 0.05) is 5.56 Å². The molecule has 19 heavy (non-hydrogen) atoms. The normalized spacial score (nSPS) is 10.6.